The summed E-state index contributed by atoms with van der Waals surface area (Å²) >= 11 is 3.13. The molecule has 3 rings (SSSR count). The van der Waals surface area contributed by atoms with E-state index in [1.807, 2.05) is 10.6 Å². The van der Waals surface area contributed by atoms with Crippen molar-refractivity contribution < 1.29 is 14.3 Å². The zero-order chi connectivity index (χ0) is 19.8. The Morgan fingerprint density at radius 1 is 1.39 bits per heavy atom. The number of likely N-dealkylation sites (tertiary alicyclic amines) is 1. The SMILES string of the molecule is CCOC(=O)N1CCC(NC(=O)CSc2nncn2CCc2cccs2)CC1. The standard InChI is InChI=1S/C18H25N5O3S2/c1-2-26-18(25)22-8-5-14(6-9-22)20-16(24)12-28-17-21-19-13-23(17)10-7-15-4-3-11-27-15/h3-4,11,13-14H,2,5-10,12H2,1H3,(H,20,24). The highest BCUT2D eigenvalue weighted by Crippen LogP contribution is 2.17. The number of amides is 2. The van der Waals surface area contributed by atoms with Gasteiger partial charge >= 0.3 is 6.09 Å². The van der Waals surface area contributed by atoms with Crippen LogP contribution in [-0.4, -0.2) is 63.2 Å². The topological polar surface area (TPSA) is 89.3 Å². The Balaban J connectivity index is 1.38. The van der Waals surface area contributed by atoms with Gasteiger partial charge in [-0.3, -0.25) is 4.79 Å². The molecule has 0 radical (unpaired) electrons. The first-order chi connectivity index (χ1) is 13.7. The van der Waals surface area contributed by atoms with E-state index in [1.54, 1.807) is 29.5 Å². The lowest BCUT2D eigenvalue weighted by atomic mass is 10.1. The molecule has 0 unspecified atom stereocenters. The molecule has 1 aliphatic heterocycles. The number of thiophene rings is 1. The van der Waals surface area contributed by atoms with E-state index in [1.165, 1.54) is 16.6 Å². The summed E-state index contributed by atoms with van der Waals surface area (Å²) < 4.78 is 7.00. The van der Waals surface area contributed by atoms with Crippen LogP contribution in [-0.2, 0) is 22.5 Å². The number of hydrogen-bond acceptors (Lipinski definition) is 7. The zero-order valence-corrected chi connectivity index (χ0v) is 17.5. The van der Waals surface area contributed by atoms with Gasteiger partial charge in [-0.2, -0.15) is 0 Å². The lowest BCUT2D eigenvalue weighted by Gasteiger charge is -2.31. The molecule has 1 N–H and O–H groups in total. The van der Waals surface area contributed by atoms with Gasteiger partial charge in [0.25, 0.3) is 0 Å². The average Bonchev–Trinajstić information content (AvgIpc) is 3.37. The summed E-state index contributed by atoms with van der Waals surface area (Å²) in [6.07, 6.45) is 3.84. The Morgan fingerprint density at radius 3 is 2.93 bits per heavy atom. The van der Waals surface area contributed by atoms with E-state index in [2.05, 4.69) is 27.0 Å². The van der Waals surface area contributed by atoms with Gasteiger partial charge in [0.1, 0.15) is 6.33 Å². The molecule has 0 bridgehead atoms. The maximum absolute atomic E-state index is 12.3. The maximum Gasteiger partial charge on any atom is 0.409 e. The Morgan fingerprint density at radius 2 is 2.21 bits per heavy atom. The van der Waals surface area contributed by atoms with Gasteiger partial charge in [-0.25, -0.2) is 4.79 Å². The maximum atomic E-state index is 12.3. The number of ether oxygens (including phenoxy) is 1. The van der Waals surface area contributed by atoms with Crippen LogP contribution in [0, 0.1) is 0 Å². The van der Waals surface area contributed by atoms with Crippen LogP contribution >= 0.6 is 23.1 Å². The Hall–Kier alpha value is -2.07. The van der Waals surface area contributed by atoms with Gasteiger partial charge < -0.3 is 19.5 Å². The van der Waals surface area contributed by atoms with E-state index >= 15 is 0 Å². The van der Waals surface area contributed by atoms with Crippen molar-refractivity contribution in [1.82, 2.24) is 25.0 Å². The highest BCUT2D eigenvalue weighted by Gasteiger charge is 2.24. The van der Waals surface area contributed by atoms with Crippen molar-refractivity contribution in [2.24, 2.45) is 0 Å². The molecule has 2 amide bonds. The van der Waals surface area contributed by atoms with Gasteiger partial charge in [0, 0.05) is 30.6 Å². The molecule has 0 spiro atoms. The average molecular weight is 424 g/mol. The predicted molar refractivity (Wildman–Crippen MR) is 109 cm³/mol. The zero-order valence-electron chi connectivity index (χ0n) is 15.9. The van der Waals surface area contributed by atoms with E-state index < -0.39 is 0 Å². The molecule has 8 nitrogen and oxygen atoms in total. The second kappa shape index (κ2) is 10.5. The smallest absolute Gasteiger partial charge is 0.409 e. The van der Waals surface area contributed by atoms with Crippen molar-refractivity contribution in [2.45, 2.75) is 43.9 Å². The highest BCUT2D eigenvalue weighted by atomic mass is 32.2. The molecule has 1 saturated heterocycles. The van der Waals surface area contributed by atoms with Crippen LogP contribution in [0.1, 0.15) is 24.6 Å². The van der Waals surface area contributed by atoms with Crippen LogP contribution in [0.15, 0.2) is 29.0 Å². The molecule has 1 fully saturated rings. The number of aromatic nitrogens is 3. The van der Waals surface area contributed by atoms with Crippen molar-refractivity contribution in [2.75, 3.05) is 25.4 Å². The number of aryl methyl sites for hydroxylation is 2. The van der Waals surface area contributed by atoms with Gasteiger partial charge in [0.2, 0.25) is 5.91 Å². The molecule has 152 valence electrons. The fourth-order valence-electron chi connectivity index (χ4n) is 3.02. The molecule has 2 aromatic rings. The molecular formula is C18H25N5O3S2. The lowest BCUT2D eigenvalue weighted by molar-refractivity contribution is -0.119. The van der Waals surface area contributed by atoms with E-state index in [4.69, 9.17) is 4.74 Å². The number of nitrogens with one attached hydrogen (secondary N) is 1. The first-order valence-corrected chi connectivity index (χ1v) is 11.3. The third-order valence-electron chi connectivity index (χ3n) is 4.48. The predicted octanol–water partition coefficient (Wildman–Crippen LogP) is 2.41. The molecule has 10 heteroatoms. The Kier molecular flexibility index (Phi) is 7.72. The molecule has 0 atom stereocenters. The van der Waals surface area contributed by atoms with Crippen LogP contribution in [0.4, 0.5) is 4.79 Å². The first-order valence-electron chi connectivity index (χ1n) is 9.39. The second-order valence-electron chi connectivity index (χ2n) is 6.45. The number of hydrogen-bond donors (Lipinski definition) is 1. The monoisotopic (exact) mass is 423 g/mol. The molecule has 0 aliphatic carbocycles. The number of nitrogens with zero attached hydrogens (tertiary/aromatic N) is 4. The molecule has 3 heterocycles. The molecule has 0 saturated carbocycles. The molecule has 1 aliphatic rings. The van der Waals surface area contributed by atoms with Crippen LogP contribution in [0.3, 0.4) is 0 Å². The molecular weight excluding hydrogens is 398 g/mol. The third kappa shape index (κ3) is 5.96. The van der Waals surface area contributed by atoms with Crippen molar-refractivity contribution >= 4 is 35.1 Å². The van der Waals surface area contributed by atoms with E-state index in [0.29, 0.717) is 25.4 Å². The van der Waals surface area contributed by atoms with Crippen LogP contribution < -0.4 is 5.32 Å². The van der Waals surface area contributed by atoms with Gasteiger partial charge in [0.05, 0.1) is 12.4 Å². The van der Waals surface area contributed by atoms with Gasteiger partial charge in [-0.05, 0) is 37.6 Å². The number of carbonyl (C=O) groups excluding carboxylic acids is 2. The summed E-state index contributed by atoms with van der Waals surface area (Å²) in [4.78, 5) is 27.0. The summed E-state index contributed by atoms with van der Waals surface area (Å²) in [5.74, 6) is 0.280. The second-order valence-corrected chi connectivity index (χ2v) is 8.43. The summed E-state index contributed by atoms with van der Waals surface area (Å²) in [5.41, 5.74) is 0. The minimum Gasteiger partial charge on any atom is -0.450 e. The van der Waals surface area contributed by atoms with Crippen LogP contribution in [0.25, 0.3) is 0 Å². The van der Waals surface area contributed by atoms with Gasteiger partial charge in [-0.1, -0.05) is 17.8 Å². The third-order valence-corrected chi connectivity index (χ3v) is 6.39. The first kappa shape index (κ1) is 20.7. The van der Waals surface area contributed by atoms with Crippen molar-refractivity contribution in [3.8, 4) is 0 Å². The molecule has 28 heavy (non-hydrogen) atoms. The summed E-state index contributed by atoms with van der Waals surface area (Å²) in [7, 11) is 0. The molecule has 0 aromatic carbocycles. The van der Waals surface area contributed by atoms with Gasteiger partial charge in [0.15, 0.2) is 5.16 Å². The number of thioether (sulfide) groups is 1. The largest absolute Gasteiger partial charge is 0.450 e. The minimum absolute atomic E-state index is 0.0209. The minimum atomic E-state index is -0.273. The summed E-state index contributed by atoms with van der Waals surface area (Å²) in [6, 6.07) is 4.25. The number of carbonyl (C=O) groups is 2. The number of piperidine rings is 1. The lowest BCUT2D eigenvalue weighted by Crippen LogP contribution is -2.47. The van der Waals surface area contributed by atoms with E-state index in [-0.39, 0.29) is 18.0 Å². The van der Waals surface area contributed by atoms with Crippen molar-refractivity contribution in [3.05, 3.63) is 28.7 Å². The van der Waals surface area contributed by atoms with Gasteiger partial charge in [-0.15, -0.1) is 21.5 Å². The summed E-state index contributed by atoms with van der Waals surface area (Å²) in [5, 5.41) is 14.0. The van der Waals surface area contributed by atoms with E-state index in [0.717, 1.165) is 31.0 Å². The Bertz CT molecular complexity index is 757. The van der Waals surface area contributed by atoms with Crippen LogP contribution in [0.2, 0.25) is 0 Å². The Labute approximate surface area is 172 Å². The van der Waals surface area contributed by atoms with Crippen LogP contribution in [0.5, 0.6) is 0 Å². The number of rotatable bonds is 8. The normalized spacial score (nSPS) is 14.8. The van der Waals surface area contributed by atoms with Crippen molar-refractivity contribution in [3.63, 3.8) is 0 Å². The van der Waals surface area contributed by atoms with Crippen molar-refractivity contribution in [1.29, 1.82) is 0 Å². The fraction of sp³-hybridized carbons (Fsp3) is 0.556. The highest BCUT2D eigenvalue weighted by molar-refractivity contribution is 7.99. The van der Waals surface area contributed by atoms with E-state index in [9.17, 15) is 9.59 Å². The quantitative estimate of drug-likeness (QED) is 0.656. The summed E-state index contributed by atoms with van der Waals surface area (Å²) in [6.45, 7) is 4.18. The fourth-order valence-corrected chi connectivity index (χ4v) is 4.47. The molecule has 2 aromatic heterocycles.